The van der Waals surface area contributed by atoms with Crippen molar-refractivity contribution in [1.29, 1.82) is 0 Å². The third-order valence-electron chi connectivity index (χ3n) is 4.28. The summed E-state index contributed by atoms with van der Waals surface area (Å²) in [4.78, 5) is 0. The number of hydrogen-bond acceptors (Lipinski definition) is 1. The molecule has 0 spiro atoms. The molecule has 1 aromatic carbocycles. The number of halogens is 1. The maximum absolute atomic E-state index is 13.3. The van der Waals surface area contributed by atoms with Crippen molar-refractivity contribution in [1.82, 2.24) is 0 Å². The fourth-order valence-corrected chi connectivity index (χ4v) is 2.89. The van der Waals surface area contributed by atoms with Crippen LogP contribution in [-0.2, 0) is 5.54 Å². The Kier molecular flexibility index (Phi) is 3.02. The first-order valence-electron chi connectivity index (χ1n) is 6.09. The topological polar surface area (TPSA) is 26.0 Å². The fraction of sp³-hybridized carbons (Fsp3) is 0.571. The highest BCUT2D eigenvalue weighted by molar-refractivity contribution is 5.26. The Morgan fingerprint density at radius 1 is 1.38 bits per heavy atom. The van der Waals surface area contributed by atoms with E-state index in [4.69, 9.17) is 5.73 Å². The Balaban J connectivity index is 2.36. The van der Waals surface area contributed by atoms with Gasteiger partial charge in [0, 0.05) is 5.54 Å². The first kappa shape index (κ1) is 11.6. The highest BCUT2D eigenvalue weighted by atomic mass is 19.1. The minimum absolute atomic E-state index is 0.187. The van der Waals surface area contributed by atoms with Crippen LogP contribution in [0.25, 0.3) is 0 Å². The molecule has 0 bridgehead atoms. The van der Waals surface area contributed by atoms with E-state index in [9.17, 15) is 4.39 Å². The van der Waals surface area contributed by atoms with E-state index in [1.54, 1.807) is 12.1 Å². The first-order chi connectivity index (χ1) is 7.54. The van der Waals surface area contributed by atoms with Crippen LogP contribution in [0, 0.1) is 17.7 Å². The fourth-order valence-electron chi connectivity index (χ4n) is 2.89. The molecule has 1 saturated carbocycles. The molecule has 88 valence electrons. The van der Waals surface area contributed by atoms with Crippen molar-refractivity contribution in [2.45, 2.75) is 38.6 Å². The summed E-state index contributed by atoms with van der Waals surface area (Å²) in [5.74, 6) is 0.831. The van der Waals surface area contributed by atoms with Crippen LogP contribution < -0.4 is 5.73 Å². The molecular formula is C14H20FN. The molecule has 1 aromatic rings. The van der Waals surface area contributed by atoms with E-state index < -0.39 is 0 Å². The minimum atomic E-state index is -0.347. The summed E-state index contributed by atoms with van der Waals surface area (Å²) in [5.41, 5.74) is 7.12. The van der Waals surface area contributed by atoms with Gasteiger partial charge in [0.1, 0.15) is 5.82 Å². The molecule has 0 aliphatic heterocycles. The van der Waals surface area contributed by atoms with Gasteiger partial charge in [-0.15, -0.1) is 0 Å². The second kappa shape index (κ2) is 4.17. The van der Waals surface area contributed by atoms with Crippen LogP contribution in [0.5, 0.6) is 0 Å². The largest absolute Gasteiger partial charge is 0.321 e. The lowest BCUT2D eigenvalue weighted by Gasteiger charge is -2.43. The molecule has 0 saturated heterocycles. The van der Waals surface area contributed by atoms with Gasteiger partial charge >= 0.3 is 0 Å². The van der Waals surface area contributed by atoms with Crippen molar-refractivity contribution >= 4 is 0 Å². The zero-order valence-electron chi connectivity index (χ0n) is 10.0. The predicted octanol–water partition coefficient (Wildman–Crippen LogP) is 3.44. The molecule has 3 unspecified atom stereocenters. The van der Waals surface area contributed by atoms with Gasteiger partial charge in [-0.3, -0.25) is 0 Å². The lowest BCUT2D eigenvalue weighted by Crippen LogP contribution is -2.48. The minimum Gasteiger partial charge on any atom is -0.321 e. The van der Waals surface area contributed by atoms with Crippen LogP contribution in [0.1, 0.15) is 38.7 Å². The molecule has 2 heteroatoms. The Bertz CT molecular complexity index is 377. The summed E-state index contributed by atoms with van der Waals surface area (Å²) in [6.07, 6.45) is 3.33. The molecule has 0 radical (unpaired) electrons. The molecule has 1 nitrogen and oxygen atoms in total. The van der Waals surface area contributed by atoms with Crippen molar-refractivity contribution in [2.24, 2.45) is 17.6 Å². The van der Waals surface area contributed by atoms with Gasteiger partial charge in [-0.1, -0.05) is 38.8 Å². The second-order valence-electron chi connectivity index (χ2n) is 5.21. The van der Waals surface area contributed by atoms with Crippen LogP contribution in [0.15, 0.2) is 24.3 Å². The number of rotatable bonds is 1. The molecule has 3 atom stereocenters. The van der Waals surface area contributed by atoms with Crippen molar-refractivity contribution in [2.75, 3.05) is 0 Å². The van der Waals surface area contributed by atoms with Gasteiger partial charge in [0.25, 0.3) is 0 Å². The predicted molar refractivity (Wildman–Crippen MR) is 64.4 cm³/mol. The van der Waals surface area contributed by atoms with Crippen molar-refractivity contribution in [3.05, 3.63) is 35.6 Å². The summed E-state index contributed by atoms with van der Waals surface area (Å²) in [5, 5.41) is 0. The van der Waals surface area contributed by atoms with Crippen LogP contribution in [0.2, 0.25) is 0 Å². The summed E-state index contributed by atoms with van der Waals surface area (Å²) < 4.78 is 13.3. The van der Waals surface area contributed by atoms with Gasteiger partial charge in [0.15, 0.2) is 0 Å². The highest BCUT2D eigenvalue weighted by Crippen LogP contribution is 2.42. The zero-order chi connectivity index (χ0) is 11.8. The van der Waals surface area contributed by atoms with Crippen LogP contribution in [-0.4, -0.2) is 0 Å². The quantitative estimate of drug-likeness (QED) is 0.772. The average molecular weight is 221 g/mol. The van der Waals surface area contributed by atoms with E-state index in [2.05, 4.69) is 13.8 Å². The Labute approximate surface area is 96.9 Å². The zero-order valence-corrected chi connectivity index (χ0v) is 10.0. The molecular weight excluding hydrogens is 201 g/mol. The van der Waals surface area contributed by atoms with E-state index in [1.165, 1.54) is 12.5 Å². The van der Waals surface area contributed by atoms with E-state index in [-0.39, 0.29) is 11.4 Å². The van der Waals surface area contributed by atoms with Crippen LogP contribution in [0.4, 0.5) is 4.39 Å². The van der Waals surface area contributed by atoms with E-state index in [1.807, 2.05) is 6.07 Å². The molecule has 16 heavy (non-hydrogen) atoms. The smallest absolute Gasteiger partial charge is 0.123 e. The molecule has 0 aromatic heterocycles. The van der Waals surface area contributed by atoms with Gasteiger partial charge in [-0.05, 0) is 36.0 Å². The van der Waals surface area contributed by atoms with Gasteiger partial charge in [0.2, 0.25) is 0 Å². The summed E-state index contributed by atoms with van der Waals surface area (Å²) >= 11 is 0. The monoisotopic (exact) mass is 221 g/mol. The highest BCUT2D eigenvalue weighted by Gasteiger charge is 2.39. The number of nitrogens with two attached hydrogens (primary N) is 1. The van der Waals surface area contributed by atoms with Gasteiger partial charge in [0.05, 0.1) is 0 Å². The third-order valence-corrected chi connectivity index (χ3v) is 4.28. The lowest BCUT2D eigenvalue weighted by atomic mass is 9.66. The molecule has 2 rings (SSSR count). The number of benzene rings is 1. The van der Waals surface area contributed by atoms with E-state index in [0.717, 1.165) is 18.4 Å². The summed E-state index contributed by atoms with van der Waals surface area (Å²) in [6, 6.07) is 6.78. The molecule has 0 amide bonds. The maximum atomic E-state index is 13.3. The Hall–Kier alpha value is -0.890. The molecule has 1 aliphatic rings. The Morgan fingerprint density at radius 2 is 2.12 bits per heavy atom. The Morgan fingerprint density at radius 3 is 2.81 bits per heavy atom. The van der Waals surface area contributed by atoms with Crippen molar-refractivity contribution < 1.29 is 4.39 Å². The standard InChI is InChI=1S/C14H20FN/c1-10-5-4-8-14(16,11(10)2)12-6-3-7-13(15)9-12/h3,6-7,9-11H,4-5,8,16H2,1-2H3. The third kappa shape index (κ3) is 1.86. The van der Waals surface area contributed by atoms with Crippen molar-refractivity contribution in [3.8, 4) is 0 Å². The molecule has 0 heterocycles. The maximum Gasteiger partial charge on any atom is 0.123 e. The average Bonchev–Trinajstić information content (AvgIpc) is 2.26. The van der Waals surface area contributed by atoms with Gasteiger partial charge in [-0.2, -0.15) is 0 Å². The molecule has 1 aliphatic carbocycles. The summed E-state index contributed by atoms with van der Waals surface area (Å²) in [6.45, 7) is 4.43. The van der Waals surface area contributed by atoms with Gasteiger partial charge in [-0.25, -0.2) is 4.39 Å². The van der Waals surface area contributed by atoms with Crippen LogP contribution >= 0.6 is 0 Å². The van der Waals surface area contributed by atoms with Gasteiger partial charge < -0.3 is 5.73 Å². The summed E-state index contributed by atoms with van der Waals surface area (Å²) in [7, 11) is 0. The number of hydrogen-bond donors (Lipinski definition) is 1. The van der Waals surface area contributed by atoms with E-state index >= 15 is 0 Å². The lowest BCUT2D eigenvalue weighted by molar-refractivity contribution is 0.143. The molecule has 2 N–H and O–H groups in total. The second-order valence-corrected chi connectivity index (χ2v) is 5.21. The van der Waals surface area contributed by atoms with Crippen molar-refractivity contribution in [3.63, 3.8) is 0 Å². The molecule has 1 fully saturated rings. The SMILES string of the molecule is CC1CCCC(N)(c2cccc(F)c2)C1C. The van der Waals surface area contributed by atoms with Crippen LogP contribution in [0.3, 0.4) is 0 Å². The van der Waals surface area contributed by atoms with E-state index in [0.29, 0.717) is 11.8 Å². The first-order valence-corrected chi connectivity index (χ1v) is 6.09. The normalized spacial score (nSPS) is 35.0.